The van der Waals surface area contributed by atoms with E-state index in [1.54, 1.807) is 24.3 Å². The third kappa shape index (κ3) is 2.19. The third-order valence-corrected chi connectivity index (χ3v) is 2.73. The van der Waals surface area contributed by atoms with Gasteiger partial charge in [0.1, 0.15) is 16.0 Å². The first kappa shape index (κ1) is 10.0. The number of thiol groups is 1. The van der Waals surface area contributed by atoms with Crippen LogP contribution in [0.2, 0.25) is 0 Å². The van der Waals surface area contributed by atoms with Crippen LogP contribution in [-0.4, -0.2) is 20.1 Å². The zero-order valence-corrected chi connectivity index (χ0v) is 7.78. The van der Waals surface area contributed by atoms with Gasteiger partial charge in [0.05, 0.1) is 6.61 Å². The molecule has 1 unspecified atom stereocenters. The maximum Gasteiger partial charge on any atom is 0.149 e. The summed E-state index contributed by atoms with van der Waals surface area (Å²) in [6, 6.07) is 6.61. The molecule has 1 rings (SSSR count). The monoisotopic (exact) mass is 201 g/mol. The molecular weight excluding hydrogens is 190 g/mol. The van der Waals surface area contributed by atoms with Crippen molar-refractivity contribution < 1.29 is 13.5 Å². The van der Waals surface area contributed by atoms with Gasteiger partial charge in [-0.25, -0.2) is 8.42 Å². The average Bonchev–Trinajstić information content (AvgIpc) is 2.09. The van der Waals surface area contributed by atoms with E-state index in [2.05, 4.69) is 0 Å². The summed E-state index contributed by atoms with van der Waals surface area (Å²) in [6.45, 7) is -0.438. The van der Waals surface area contributed by atoms with Gasteiger partial charge in [-0.3, -0.25) is 0 Å². The number of hydrogen-bond acceptors (Lipinski definition) is 4. The Kier molecular flexibility index (Phi) is 3.27. The Balaban J connectivity index is 3.12. The Morgan fingerprint density at radius 2 is 2.00 bits per heavy atom. The molecule has 3 N–H and O–H groups in total. The van der Waals surface area contributed by atoms with E-state index >= 15 is 0 Å². The first-order valence-electron chi connectivity index (χ1n) is 3.75. The van der Waals surface area contributed by atoms with Crippen molar-refractivity contribution in [2.45, 2.75) is 5.25 Å². The van der Waals surface area contributed by atoms with Crippen molar-refractivity contribution in [2.24, 2.45) is 0 Å². The second kappa shape index (κ2) is 4.25. The van der Waals surface area contributed by atoms with Crippen LogP contribution in [0.4, 0.5) is 5.69 Å². The summed E-state index contributed by atoms with van der Waals surface area (Å²) < 4.78 is 21.4. The number of nitrogen functional groups attached to an aromatic ring is 1. The number of hydrogen-bond donors (Lipinski definition) is 3. The zero-order chi connectivity index (χ0) is 9.84. The number of benzene rings is 1. The highest BCUT2D eigenvalue weighted by Crippen LogP contribution is 2.21. The molecule has 72 valence electrons. The Bertz CT molecular complexity index is 354. The summed E-state index contributed by atoms with van der Waals surface area (Å²) in [5, 5.41) is 7.94. The number of aliphatic hydroxyl groups excluding tert-OH is 1. The van der Waals surface area contributed by atoms with Gasteiger partial charge in [-0.05, 0) is 11.6 Å². The molecule has 0 saturated heterocycles. The predicted molar refractivity (Wildman–Crippen MR) is 51.0 cm³/mol. The van der Waals surface area contributed by atoms with Gasteiger partial charge in [0.25, 0.3) is 0 Å². The number of rotatable bonds is 3. The molecule has 5 heteroatoms. The molecule has 0 heterocycles. The van der Waals surface area contributed by atoms with Crippen molar-refractivity contribution in [3.63, 3.8) is 0 Å². The van der Waals surface area contributed by atoms with Crippen LogP contribution in [0.1, 0.15) is 10.8 Å². The minimum Gasteiger partial charge on any atom is -0.398 e. The third-order valence-electron chi connectivity index (χ3n) is 1.78. The van der Waals surface area contributed by atoms with Crippen molar-refractivity contribution in [2.75, 3.05) is 12.3 Å². The van der Waals surface area contributed by atoms with Gasteiger partial charge in [-0.1, -0.05) is 18.2 Å². The standard InChI is InChI=1S/C8H11NO3S/c9-7-4-2-1-3-6(7)8(5-10)13(11)12/h1-4,8,10,13H,5,9H2. The highest BCUT2D eigenvalue weighted by atomic mass is 32.2. The fourth-order valence-electron chi connectivity index (χ4n) is 1.09. The second-order valence-corrected chi connectivity index (χ2v) is 3.81. The van der Waals surface area contributed by atoms with Crippen LogP contribution in [0.5, 0.6) is 0 Å². The predicted octanol–water partition coefficient (Wildman–Crippen LogP) is -0.0864. The van der Waals surface area contributed by atoms with Crippen LogP contribution in [0.3, 0.4) is 0 Å². The van der Waals surface area contributed by atoms with Crippen LogP contribution in [0.25, 0.3) is 0 Å². The summed E-state index contributed by atoms with van der Waals surface area (Å²) in [6.07, 6.45) is 0. The van der Waals surface area contributed by atoms with Gasteiger partial charge >= 0.3 is 0 Å². The first-order valence-corrected chi connectivity index (χ1v) is 5.00. The molecule has 0 amide bonds. The van der Waals surface area contributed by atoms with E-state index in [4.69, 9.17) is 10.8 Å². The summed E-state index contributed by atoms with van der Waals surface area (Å²) in [4.78, 5) is 0. The van der Waals surface area contributed by atoms with Crippen molar-refractivity contribution in [1.29, 1.82) is 0 Å². The van der Waals surface area contributed by atoms with E-state index in [1.165, 1.54) is 0 Å². The molecule has 0 radical (unpaired) electrons. The Morgan fingerprint density at radius 3 is 2.46 bits per heavy atom. The molecular formula is C8H11NO3S. The molecule has 1 aromatic carbocycles. The lowest BCUT2D eigenvalue weighted by Crippen LogP contribution is -2.08. The minimum absolute atomic E-state index is 0.390. The molecule has 1 atom stereocenters. The minimum atomic E-state index is -2.69. The summed E-state index contributed by atoms with van der Waals surface area (Å²) >= 11 is 0. The summed E-state index contributed by atoms with van der Waals surface area (Å²) in [5.74, 6) is 0. The quantitative estimate of drug-likeness (QED) is 0.472. The van der Waals surface area contributed by atoms with Gasteiger partial charge in [0, 0.05) is 5.69 Å². The molecule has 0 spiro atoms. The van der Waals surface area contributed by atoms with E-state index < -0.39 is 22.6 Å². The lowest BCUT2D eigenvalue weighted by molar-refractivity contribution is 0.293. The highest BCUT2D eigenvalue weighted by Gasteiger charge is 2.15. The largest absolute Gasteiger partial charge is 0.398 e. The normalized spacial score (nSPS) is 13.1. The van der Waals surface area contributed by atoms with Crippen LogP contribution in [0, 0.1) is 0 Å². The van der Waals surface area contributed by atoms with E-state index in [-0.39, 0.29) is 0 Å². The van der Waals surface area contributed by atoms with E-state index in [0.717, 1.165) is 0 Å². The molecule has 0 bridgehead atoms. The highest BCUT2D eigenvalue weighted by molar-refractivity contribution is 7.72. The van der Waals surface area contributed by atoms with Crippen LogP contribution >= 0.6 is 0 Å². The van der Waals surface area contributed by atoms with Gasteiger partial charge in [-0.2, -0.15) is 0 Å². The van der Waals surface area contributed by atoms with E-state index in [1.807, 2.05) is 0 Å². The summed E-state index contributed by atoms with van der Waals surface area (Å²) in [5.41, 5.74) is 6.41. The lowest BCUT2D eigenvalue weighted by atomic mass is 10.1. The number of para-hydroxylation sites is 1. The Labute approximate surface area is 78.0 Å². The van der Waals surface area contributed by atoms with Crippen LogP contribution in [0.15, 0.2) is 24.3 Å². The topological polar surface area (TPSA) is 80.4 Å². The van der Waals surface area contributed by atoms with E-state index in [0.29, 0.717) is 11.3 Å². The molecule has 0 aliphatic heterocycles. The van der Waals surface area contributed by atoms with Crippen molar-refractivity contribution in [3.05, 3.63) is 29.8 Å². The zero-order valence-electron chi connectivity index (χ0n) is 6.88. The van der Waals surface area contributed by atoms with Gasteiger partial charge in [-0.15, -0.1) is 0 Å². The first-order chi connectivity index (χ1) is 6.16. The Hall–Kier alpha value is -1.07. The molecule has 4 nitrogen and oxygen atoms in total. The molecule has 0 aromatic heterocycles. The second-order valence-electron chi connectivity index (χ2n) is 2.61. The molecule has 0 aliphatic rings. The number of aliphatic hydroxyl groups is 1. The molecule has 13 heavy (non-hydrogen) atoms. The van der Waals surface area contributed by atoms with Crippen LogP contribution < -0.4 is 5.73 Å². The number of nitrogens with two attached hydrogens (primary N) is 1. The van der Waals surface area contributed by atoms with Gasteiger partial charge in [0.2, 0.25) is 0 Å². The van der Waals surface area contributed by atoms with Gasteiger partial charge in [0.15, 0.2) is 0 Å². The summed E-state index contributed by atoms with van der Waals surface area (Å²) in [7, 11) is -2.69. The molecule has 1 aromatic rings. The smallest absolute Gasteiger partial charge is 0.149 e. The maximum atomic E-state index is 10.7. The maximum absolute atomic E-state index is 10.7. The lowest BCUT2D eigenvalue weighted by Gasteiger charge is -2.09. The molecule has 0 aliphatic carbocycles. The molecule has 0 saturated carbocycles. The van der Waals surface area contributed by atoms with Crippen molar-refractivity contribution >= 4 is 16.4 Å². The Morgan fingerprint density at radius 1 is 1.38 bits per heavy atom. The fourth-order valence-corrected chi connectivity index (χ4v) is 1.69. The van der Waals surface area contributed by atoms with Gasteiger partial charge < -0.3 is 10.8 Å². The molecule has 0 fully saturated rings. The van der Waals surface area contributed by atoms with Crippen LogP contribution in [-0.2, 0) is 10.7 Å². The SMILES string of the molecule is Nc1ccccc1C(CO)[SH](=O)=O. The van der Waals surface area contributed by atoms with E-state index in [9.17, 15) is 8.42 Å². The van der Waals surface area contributed by atoms with Crippen molar-refractivity contribution in [1.82, 2.24) is 0 Å². The average molecular weight is 201 g/mol. The van der Waals surface area contributed by atoms with Crippen molar-refractivity contribution in [3.8, 4) is 0 Å². The fraction of sp³-hybridized carbons (Fsp3) is 0.250. The number of anilines is 1.